The van der Waals surface area contributed by atoms with Crippen molar-refractivity contribution in [2.75, 3.05) is 0 Å². The fourth-order valence-electron chi connectivity index (χ4n) is 0.784. The Morgan fingerprint density at radius 3 is 2.23 bits per heavy atom. The molecular weight excluding hydrogens is 302 g/mol. The lowest BCUT2D eigenvalue weighted by atomic mass is 10.2. The van der Waals surface area contributed by atoms with Crippen LogP contribution in [0.3, 0.4) is 0 Å². The van der Waals surface area contributed by atoms with E-state index in [2.05, 4.69) is 31.9 Å². The zero-order valence-corrected chi connectivity index (χ0v) is 9.58. The molecule has 0 radical (unpaired) electrons. The van der Waals surface area contributed by atoms with Crippen LogP contribution in [-0.2, 0) is 0 Å². The monoisotopic (exact) mass is 305 g/mol. The second-order valence-electron chi connectivity index (χ2n) is 2.23. The first kappa shape index (κ1) is 10.4. The largest absolute Gasteiger partial charge is 0.325 e. The molecule has 0 unspecified atom stereocenters. The molecule has 0 bridgehead atoms. The minimum atomic E-state index is -0.489. The molecule has 0 aromatic heterocycles. The zero-order valence-electron chi connectivity index (χ0n) is 6.41. The maximum Gasteiger partial charge on any atom is 0.325 e. The maximum absolute atomic E-state index is 10.4. The van der Waals surface area contributed by atoms with E-state index >= 15 is 0 Å². The van der Waals surface area contributed by atoms with Gasteiger partial charge < -0.3 is 0 Å². The van der Waals surface area contributed by atoms with Crippen LogP contribution >= 0.6 is 31.9 Å². The molecule has 0 heterocycles. The van der Waals surface area contributed by atoms with Gasteiger partial charge in [0.1, 0.15) is 4.48 Å². The van der Waals surface area contributed by atoms with E-state index in [0.717, 1.165) is 5.56 Å². The number of halogens is 2. The summed E-state index contributed by atoms with van der Waals surface area (Å²) in [4.78, 5) is 9.90. The zero-order chi connectivity index (χ0) is 9.84. The summed E-state index contributed by atoms with van der Waals surface area (Å²) < 4.78 is 0.372. The van der Waals surface area contributed by atoms with E-state index < -0.39 is 4.92 Å². The maximum atomic E-state index is 10.4. The van der Waals surface area contributed by atoms with Crippen LogP contribution in [0.2, 0.25) is 0 Å². The molecule has 0 aliphatic carbocycles. The molecule has 0 aliphatic heterocycles. The summed E-state index contributed by atoms with van der Waals surface area (Å²) >= 11 is 6.02. The Labute approximate surface area is 91.9 Å². The van der Waals surface area contributed by atoms with Crippen LogP contribution in [0.25, 0.3) is 4.48 Å². The summed E-state index contributed by atoms with van der Waals surface area (Å²) in [5, 5.41) is 10.4. The van der Waals surface area contributed by atoms with Crippen molar-refractivity contribution < 1.29 is 4.92 Å². The first-order chi connectivity index (χ1) is 6.13. The normalized spacial score (nSPS) is 12.2. The van der Waals surface area contributed by atoms with E-state index in [9.17, 15) is 10.1 Å². The Morgan fingerprint density at radius 2 is 1.77 bits per heavy atom. The second-order valence-corrected chi connectivity index (χ2v) is 3.77. The molecule has 13 heavy (non-hydrogen) atoms. The van der Waals surface area contributed by atoms with Crippen molar-refractivity contribution in [3.63, 3.8) is 0 Å². The number of nitrogens with zero attached hydrogens (tertiary/aromatic N) is 1. The van der Waals surface area contributed by atoms with Gasteiger partial charge in [0, 0.05) is 15.9 Å². The summed E-state index contributed by atoms with van der Waals surface area (Å²) in [6, 6.07) is 9.06. The van der Waals surface area contributed by atoms with Gasteiger partial charge in [-0.1, -0.05) is 30.3 Å². The van der Waals surface area contributed by atoms with E-state index in [0.29, 0.717) is 4.48 Å². The smallest absolute Gasteiger partial charge is 0.258 e. The van der Waals surface area contributed by atoms with Crippen molar-refractivity contribution in [2.24, 2.45) is 0 Å². The topological polar surface area (TPSA) is 43.1 Å². The molecule has 0 aliphatic rings. The van der Waals surface area contributed by atoms with Crippen LogP contribution < -0.4 is 0 Å². The fraction of sp³-hybridized carbons (Fsp3) is 0. The highest BCUT2D eigenvalue weighted by Gasteiger charge is 2.13. The van der Waals surface area contributed by atoms with E-state index in [1.807, 2.05) is 18.2 Å². The highest BCUT2D eigenvalue weighted by Crippen LogP contribution is 2.28. The Balaban J connectivity index is 3.11. The summed E-state index contributed by atoms with van der Waals surface area (Å²) in [5.41, 5.74) is 0.770. The summed E-state index contributed by atoms with van der Waals surface area (Å²) in [6.07, 6.45) is 0. The molecule has 0 saturated carbocycles. The number of rotatable bonds is 2. The molecule has 1 aromatic rings. The third-order valence-corrected chi connectivity index (χ3v) is 3.42. The molecule has 0 saturated heterocycles. The Hall–Kier alpha value is -0.680. The molecular formula is C8H5Br2NO2. The minimum Gasteiger partial charge on any atom is -0.258 e. The van der Waals surface area contributed by atoms with E-state index in [1.54, 1.807) is 12.1 Å². The van der Waals surface area contributed by atoms with Crippen LogP contribution in [0.15, 0.2) is 34.9 Å². The molecule has 0 atom stereocenters. The van der Waals surface area contributed by atoms with Gasteiger partial charge >= 0.3 is 4.61 Å². The van der Waals surface area contributed by atoms with Crippen molar-refractivity contribution in [1.82, 2.24) is 0 Å². The van der Waals surface area contributed by atoms with Crippen molar-refractivity contribution >= 4 is 36.3 Å². The van der Waals surface area contributed by atoms with Crippen LogP contribution in [-0.4, -0.2) is 4.92 Å². The van der Waals surface area contributed by atoms with Crippen molar-refractivity contribution in [1.29, 1.82) is 0 Å². The van der Waals surface area contributed by atoms with Crippen molar-refractivity contribution in [2.45, 2.75) is 0 Å². The van der Waals surface area contributed by atoms with Gasteiger partial charge in [0.25, 0.3) is 0 Å². The molecule has 0 spiro atoms. The van der Waals surface area contributed by atoms with E-state index in [-0.39, 0.29) is 4.61 Å². The standard InChI is InChI=1S/C8H5Br2NO2/c9-7(8(10)11(12)13)6-4-2-1-3-5-6/h1-5H. The van der Waals surface area contributed by atoms with E-state index in [4.69, 9.17) is 0 Å². The third kappa shape index (κ3) is 2.63. The van der Waals surface area contributed by atoms with Crippen molar-refractivity contribution in [3.8, 4) is 0 Å². The summed E-state index contributed by atoms with van der Waals surface area (Å²) in [7, 11) is 0. The van der Waals surface area contributed by atoms with Crippen molar-refractivity contribution in [3.05, 3.63) is 50.6 Å². The van der Waals surface area contributed by atoms with Gasteiger partial charge in [0.05, 0.1) is 4.92 Å². The average molecular weight is 307 g/mol. The summed E-state index contributed by atoms with van der Waals surface area (Å²) in [5.74, 6) is 0. The predicted molar refractivity (Wildman–Crippen MR) is 58.2 cm³/mol. The first-order valence-electron chi connectivity index (χ1n) is 3.38. The van der Waals surface area contributed by atoms with Gasteiger partial charge in [-0.2, -0.15) is 0 Å². The lowest BCUT2D eigenvalue weighted by Crippen LogP contribution is -1.92. The van der Waals surface area contributed by atoms with Crippen LogP contribution in [0.5, 0.6) is 0 Å². The molecule has 0 fully saturated rings. The second kappa shape index (κ2) is 4.53. The Kier molecular flexibility index (Phi) is 3.62. The molecule has 0 N–H and O–H groups in total. The molecule has 68 valence electrons. The minimum absolute atomic E-state index is 0.0706. The van der Waals surface area contributed by atoms with Crippen LogP contribution in [0.4, 0.5) is 0 Å². The molecule has 1 rings (SSSR count). The van der Waals surface area contributed by atoms with Crippen LogP contribution in [0.1, 0.15) is 5.56 Å². The average Bonchev–Trinajstić information content (AvgIpc) is 2.17. The highest BCUT2D eigenvalue weighted by atomic mass is 79.9. The number of hydrogen-bond acceptors (Lipinski definition) is 2. The Morgan fingerprint density at radius 1 is 1.23 bits per heavy atom. The highest BCUT2D eigenvalue weighted by molar-refractivity contribution is 9.16. The lowest BCUT2D eigenvalue weighted by Gasteiger charge is -1.97. The predicted octanol–water partition coefficient (Wildman–Crippen LogP) is 3.38. The van der Waals surface area contributed by atoms with Gasteiger partial charge in [-0.05, 0) is 21.5 Å². The first-order valence-corrected chi connectivity index (χ1v) is 4.96. The molecule has 5 heteroatoms. The lowest BCUT2D eigenvalue weighted by molar-refractivity contribution is -0.407. The number of benzene rings is 1. The van der Waals surface area contributed by atoms with Gasteiger partial charge in [0.2, 0.25) is 0 Å². The van der Waals surface area contributed by atoms with Crippen LogP contribution in [0, 0.1) is 10.1 Å². The van der Waals surface area contributed by atoms with Gasteiger partial charge in [0.15, 0.2) is 0 Å². The number of hydrogen-bond donors (Lipinski definition) is 0. The van der Waals surface area contributed by atoms with Gasteiger partial charge in [-0.25, -0.2) is 0 Å². The molecule has 0 amide bonds. The SMILES string of the molecule is O=[N+]([O-])C(Br)=C(Br)c1ccccc1. The molecule has 1 aromatic carbocycles. The molecule has 3 nitrogen and oxygen atoms in total. The summed E-state index contributed by atoms with van der Waals surface area (Å²) in [6.45, 7) is 0. The number of nitro groups is 1. The van der Waals surface area contributed by atoms with Gasteiger partial charge in [-0.3, -0.25) is 10.1 Å². The third-order valence-electron chi connectivity index (χ3n) is 1.37. The Bertz CT molecular complexity index is 348. The van der Waals surface area contributed by atoms with E-state index in [1.165, 1.54) is 0 Å². The fourth-order valence-corrected chi connectivity index (χ4v) is 1.42. The van der Waals surface area contributed by atoms with Gasteiger partial charge in [-0.15, -0.1) is 0 Å². The quantitative estimate of drug-likeness (QED) is 0.477.